The van der Waals surface area contributed by atoms with E-state index in [0.29, 0.717) is 58.1 Å². The molecule has 1 aromatic heterocycles. The second-order valence-corrected chi connectivity index (χ2v) is 42.9. The Balaban J connectivity index is 0.904. The number of nitrogens with zero attached hydrogens (tertiary/aromatic N) is 2. The number of aromatic nitrogens is 1. The summed E-state index contributed by atoms with van der Waals surface area (Å²) in [5.74, 6) is -13.4. The van der Waals surface area contributed by atoms with Crippen LogP contribution in [0.25, 0.3) is 10.9 Å². The second-order valence-electron chi connectivity index (χ2n) is 35.1. The predicted octanol–water partition coefficient (Wildman–Crippen LogP) is 6.27. The molecule has 0 saturated carbocycles. The molecule has 4 bridgehead atoms. The molecular weight excluding hydrogens is 1920 g/mol. The van der Waals surface area contributed by atoms with Crippen LogP contribution in [-0.2, 0) is 119 Å². The van der Waals surface area contributed by atoms with Gasteiger partial charge in [0.1, 0.15) is 94.8 Å². The average molecular weight is 2040 g/mol. The topological polar surface area (TPSA) is 532 Å². The van der Waals surface area contributed by atoms with Gasteiger partial charge in [0.2, 0.25) is 69.1 Å². The minimum atomic E-state index is -4.76. The fourth-order valence-corrected chi connectivity index (χ4v) is 22.7. The number of sulfonamides is 1. The minimum Gasteiger partial charge on any atom is -0.508 e. The Kier molecular flexibility index (Phi) is 38.4. The van der Waals surface area contributed by atoms with Gasteiger partial charge in [-0.1, -0.05) is 158 Å². The van der Waals surface area contributed by atoms with Crippen molar-refractivity contribution >= 4 is 153 Å². The molecule has 11 amide bonds. The summed E-state index contributed by atoms with van der Waals surface area (Å²) >= 11 is 6.91. The summed E-state index contributed by atoms with van der Waals surface area (Å²) in [6, 6.07) is 12.1. The lowest BCUT2D eigenvalue weighted by Gasteiger charge is -2.42. The fraction of sp³-hybridized carbons (Fsp3) is 0.484. The van der Waals surface area contributed by atoms with Crippen molar-refractivity contribution in [3.63, 3.8) is 0 Å². The van der Waals surface area contributed by atoms with E-state index in [1.54, 1.807) is 105 Å². The number of aromatic amines is 1. The third-order valence-electron chi connectivity index (χ3n) is 24.2. The number of rotatable bonds is 31. The maximum atomic E-state index is 15.5. The highest BCUT2D eigenvalue weighted by Crippen LogP contribution is 2.50. The molecule has 17 N–H and O–H groups in total. The molecule has 0 spiro atoms. The number of amides is 11. The number of allylic oxidation sites excluding steroid dienone is 3. The summed E-state index contributed by atoms with van der Waals surface area (Å²) in [6.45, 7) is 10.9. The van der Waals surface area contributed by atoms with Crippen molar-refractivity contribution in [1.82, 2.24) is 57.1 Å². The lowest BCUT2D eigenvalue weighted by atomic mass is 9.83. The van der Waals surface area contributed by atoms with Crippen molar-refractivity contribution in [3.05, 3.63) is 184 Å². The van der Waals surface area contributed by atoms with E-state index < -0.39 is 223 Å². The van der Waals surface area contributed by atoms with E-state index in [9.17, 15) is 70.5 Å². The molecule has 45 heteroatoms. The van der Waals surface area contributed by atoms with Crippen LogP contribution in [0.2, 0.25) is 5.02 Å². The number of ether oxygens (including phenoxy) is 5. The normalized spacial score (nSPS) is 25.1. The number of halogens is 4. The van der Waals surface area contributed by atoms with Crippen molar-refractivity contribution < 1.29 is 118 Å². The third-order valence-corrected chi connectivity index (χ3v) is 31.7. The number of phenols is 1. The summed E-state index contributed by atoms with van der Waals surface area (Å²) in [5.41, 5.74) is 11.1. The number of aromatic hydroxyl groups is 1. The molecule has 4 aliphatic rings. The van der Waals surface area contributed by atoms with Crippen LogP contribution < -0.4 is 68.4 Å². The van der Waals surface area contributed by atoms with Crippen LogP contribution in [0.4, 0.5) is 23.7 Å². The van der Waals surface area contributed by atoms with Crippen LogP contribution in [0, 0.1) is 5.92 Å². The predicted molar refractivity (Wildman–Crippen MR) is 517 cm³/mol. The number of hydrogen-bond acceptors (Lipinski definition) is 27. The van der Waals surface area contributed by atoms with Crippen LogP contribution in [0.15, 0.2) is 145 Å². The highest BCUT2D eigenvalue weighted by molar-refractivity contribution is 8.77. The molecule has 138 heavy (non-hydrogen) atoms. The Morgan fingerprint density at radius 3 is 2.13 bits per heavy atom. The Hall–Kier alpha value is -10.6. The maximum Gasteiger partial charge on any atom is 0.416 e. The number of hydrogen-bond donors (Lipinski definition) is 15. The molecule has 3 saturated heterocycles. The van der Waals surface area contributed by atoms with Gasteiger partial charge in [-0.3, -0.25) is 53.3 Å². The molecule has 1 unspecified atom stereocenters. The summed E-state index contributed by atoms with van der Waals surface area (Å²) in [7, 11) is 4.59. The molecule has 0 aliphatic carbocycles. The molecule has 0 radical (unpaired) electrons. The Morgan fingerprint density at radius 2 is 1.47 bits per heavy atom. The molecule has 5 heterocycles. The minimum absolute atomic E-state index is 0.0152. The molecule has 36 nitrogen and oxygen atoms in total. The largest absolute Gasteiger partial charge is 0.508 e. The number of phenolic OH excluding ortho intramolecular Hbond substituents is 1. The highest BCUT2D eigenvalue weighted by atomic mass is 35.5. The van der Waals surface area contributed by atoms with E-state index >= 15 is 24.0 Å². The average Bonchev–Trinajstić information content (AvgIpc) is 1.57. The zero-order valence-corrected chi connectivity index (χ0v) is 82.6. The number of anilines is 1. The zero-order chi connectivity index (χ0) is 101. The van der Waals surface area contributed by atoms with Gasteiger partial charge in [0, 0.05) is 91.9 Å². The van der Waals surface area contributed by atoms with Crippen molar-refractivity contribution in [2.75, 3.05) is 57.0 Å². The number of likely N-dealkylation sites (N-methyl/N-ethyl adjacent to an activating group) is 1. The number of aliphatic hydroxyl groups is 2. The van der Waals surface area contributed by atoms with Crippen LogP contribution in [0.5, 0.6) is 11.5 Å². The number of aliphatic hydroxyl groups excluding tert-OH is 1. The zero-order valence-electron chi connectivity index (χ0n) is 77.7. The van der Waals surface area contributed by atoms with Crippen LogP contribution >= 0.6 is 54.8 Å². The van der Waals surface area contributed by atoms with E-state index in [0.717, 1.165) is 72.7 Å². The maximum absolute atomic E-state index is 15.5. The van der Waals surface area contributed by atoms with E-state index in [1.807, 2.05) is 6.92 Å². The highest BCUT2D eigenvalue weighted by Gasteiger charge is 2.65. The van der Waals surface area contributed by atoms with Crippen LogP contribution in [0.3, 0.4) is 0 Å². The number of methoxy groups -OCH3 is 2. The van der Waals surface area contributed by atoms with E-state index in [-0.39, 0.29) is 85.0 Å². The Bertz CT molecular complexity index is 5560. The van der Waals surface area contributed by atoms with Crippen molar-refractivity contribution in [2.24, 2.45) is 17.4 Å². The quantitative estimate of drug-likeness (QED) is 0.00986. The SMILES string of the molecule is COc1cc2cc(c1Cl)N(C)C(=O)C[C@H](OC(=O)[C@H](C)N(C)C(=O)CCSSC(C)(C)[C@H](NC(=O)[C@@H]1CSSC[C@H](NC(=O)[C@@H](Cc3ccccc3)NS(=O)(=O)Cc3ccc(C(F)(F)F)cc3)C(=O)N[C@@H](Cc3ccc(O)cc3)C(=O)N[C@H](Cc3c[nH]c4ccccc34)C(=O)N[C@@H](CCCCN)C(=O)N[C@@H]([C@@H](C)O)C(=O)N1)C(N)=O)[C@]1(C)OC1[C@H](C)[C@@H]1C[C@@](O)(NC(=O)O1)[C@H](OC)/C=C/C=C(\C)C2. The molecule has 17 atom stereocenters. The Morgan fingerprint density at radius 1 is 0.826 bits per heavy atom. The number of para-hydroxylation sites is 1. The molecule has 6 aromatic rings. The van der Waals surface area contributed by atoms with E-state index in [1.165, 1.54) is 78.3 Å². The molecule has 750 valence electrons. The number of H-pyrrole nitrogens is 1. The van der Waals surface area contributed by atoms with Gasteiger partial charge in [0.25, 0.3) is 0 Å². The number of alkyl halides is 3. The van der Waals surface area contributed by atoms with Gasteiger partial charge in [-0.15, -0.1) is 0 Å². The smallest absolute Gasteiger partial charge is 0.416 e. The summed E-state index contributed by atoms with van der Waals surface area (Å²) < 4.78 is 100. The number of nitrogens with one attached hydrogen (secondary N) is 10. The fourth-order valence-electron chi connectivity index (χ4n) is 16.1. The number of unbranched alkanes of at least 4 members (excludes halogenated alkanes) is 1. The van der Waals surface area contributed by atoms with E-state index in [4.69, 9.17) is 46.8 Å². The monoisotopic (exact) mass is 2030 g/mol. The van der Waals surface area contributed by atoms with Gasteiger partial charge in [0.15, 0.2) is 5.72 Å². The number of nitrogens with two attached hydrogens (primary N) is 2. The number of alkyl carbamates (subject to hydrolysis) is 1. The molecular formula is C93H118ClF3N14O22S5. The number of epoxide rings is 1. The first-order valence-corrected chi connectivity index (χ1v) is 51.2. The lowest BCUT2D eigenvalue weighted by molar-refractivity contribution is -0.162. The first kappa shape index (κ1) is 109. The first-order valence-electron chi connectivity index (χ1n) is 44.4. The van der Waals surface area contributed by atoms with Gasteiger partial charge in [-0.05, 0) is 150 Å². The number of fused-ring (bicyclic) bond motifs is 6. The van der Waals surface area contributed by atoms with Crippen LogP contribution in [0.1, 0.15) is 120 Å². The van der Waals surface area contributed by atoms with Crippen molar-refractivity contribution in [1.29, 1.82) is 0 Å². The van der Waals surface area contributed by atoms with Gasteiger partial charge in [0.05, 0.1) is 42.7 Å². The van der Waals surface area contributed by atoms with Crippen molar-refractivity contribution in [2.45, 2.75) is 226 Å². The van der Waals surface area contributed by atoms with Crippen molar-refractivity contribution in [3.8, 4) is 11.5 Å². The van der Waals surface area contributed by atoms with E-state index in [2.05, 4.69) is 52.2 Å². The summed E-state index contributed by atoms with van der Waals surface area (Å²) in [4.78, 5) is 183. The number of benzene rings is 5. The summed E-state index contributed by atoms with van der Waals surface area (Å²) in [5, 5.41) is 55.6. The second kappa shape index (κ2) is 48.5. The number of carbonyl (C=O) groups excluding carboxylic acids is 12. The third kappa shape index (κ3) is 29.5. The standard InChI is InChI=1S/C93H118ClF3N14O22S5/c1-50-20-19-26-72(130-11)92(126)45-71(131-89(125)108-92)51(2)79-91(7,133-79)73(44-75(115)111(9)69-41-57(38-50)42-70(129-10)76(69)94)132-88(124)52(3)110(8)74(114)35-37-134-137-90(5,6)78(80(99)116)107-86(122)68-48-136-135-47-67(104-84(120)66(40-54-21-13-12-14-22-54)109-138(127,128)49-56-27-31-59(32-28-56)93(95,96)97)85(121)102-64(39-55-29-33-60(113)34-30-55)82(118)103-65(43-58-46-100-62-24-16-15-23-61(58)62)83(119)101-63(25-17-18-36-98)81(117)106-77(53(4)112)87(123)105-68/h12-16,19-24,26-34,41-42,46,51-53,63-68,71-73,77-79,100,109,112-113,126H,17-18,25,35-40,43-45,47-49,98H2,1-11H3,(H2,99,116)(H,101,119)(H,102,121)(H,103,118)(H,104,120)(H,105,123)(H,106,117)(H,107,122)(H,108,125)/b26-19+,50-20+/t51-,52+,53-,63+,64+,65-,66-,67+,68+,71+,72-,73+,77+,78-,79?,91+,92+/m1/s1. The Labute approximate surface area is 817 Å². The van der Waals surface area contributed by atoms with Crippen LogP contribution in [-0.4, -0.2) is 258 Å². The van der Waals surface area contributed by atoms with Gasteiger partial charge >= 0.3 is 18.2 Å². The lowest BCUT2D eigenvalue weighted by Crippen LogP contribution is -2.63. The number of esters is 1. The van der Waals surface area contributed by atoms with Gasteiger partial charge in [-0.2, -0.15) is 13.2 Å². The first-order chi connectivity index (χ1) is 65.1. The van der Waals surface area contributed by atoms with Gasteiger partial charge in [-0.25, -0.2) is 22.7 Å². The molecule has 4 aliphatic heterocycles. The molecule has 10 rings (SSSR count). The number of carbonyl (C=O) groups is 12. The molecule has 3 fully saturated rings. The number of primary amides is 1. The molecule has 5 aromatic carbocycles. The summed E-state index contributed by atoms with van der Waals surface area (Å²) in [6.07, 6.45) is -6.45. The van der Waals surface area contributed by atoms with Gasteiger partial charge < -0.3 is 102 Å².